The molecule has 2 aliphatic rings. The summed E-state index contributed by atoms with van der Waals surface area (Å²) >= 11 is -2.92. The van der Waals surface area contributed by atoms with Gasteiger partial charge in [-0.25, -0.2) is 0 Å². The molecule has 4 aromatic carbocycles. The minimum Gasteiger partial charge on any atom is -1.00 e. The first kappa shape index (κ1) is 40.7. The molecule has 0 aliphatic heterocycles. The maximum atomic E-state index is 2.70. The summed E-state index contributed by atoms with van der Waals surface area (Å²) in [7, 11) is -1.54. The Hall–Kier alpha value is -2.09. The first-order valence-corrected chi connectivity index (χ1v) is 25.2. The van der Waals surface area contributed by atoms with Gasteiger partial charge in [-0.3, -0.25) is 0 Å². The van der Waals surface area contributed by atoms with Crippen LogP contribution in [0.2, 0.25) is 19.6 Å². The first-order chi connectivity index (χ1) is 22.3. The van der Waals surface area contributed by atoms with Crippen molar-refractivity contribution in [3.63, 3.8) is 0 Å². The molecule has 0 bridgehead atoms. The van der Waals surface area contributed by atoms with Crippen LogP contribution in [0.15, 0.2) is 99.0 Å². The van der Waals surface area contributed by atoms with Crippen LogP contribution in [0, 0.1) is 19.8 Å². The third kappa shape index (κ3) is 7.81. The smallest absolute Gasteiger partial charge is 1.00 e. The summed E-state index contributed by atoms with van der Waals surface area (Å²) < 4.78 is 5.10. The number of benzene rings is 4. The minimum atomic E-state index is -2.92. The van der Waals surface area contributed by atoms with Gasteiger partial charge in [0.15, 0.2) is 0 Å². The van der Waals surface area contributed by atoms with E-state index in [9.17, 15) is 0 Å². The molecule has 0 spiro atoms. The number of allylic oxidation sites excluding steroid dienone is 4. The SMILES string of the molecule is CC1=[C]([Zr+2](=[C](c2ccc(C)cc2)c2ccc(C)cc2)[c]2cc(C(C)(C)C)cc3c2Cc2ccc(C(C)(C)C)cc2-3)C(C)C=C1[Si](C)(C)C.[Cl-].[Cl-]. The zero-order valence-electron chi connectivity index (χ0n) is 32.6. The molecule has 0 saturated heterocycles. The van der Waals surface area contributed by atoms with Crippen molar-refractivity contribution in [1.29, 1.82) is 0 Å². The van der Waals surface area contributed by atoms with Crippen LogP contribution >= 0.6 is 0 Å². The van der Waals surface area contributed by atoms with Crippen LogP contribution in [0.25, 0.3) is 11.1 Å². The van der Waals surface area contributed by atoms with Gasteiger partial charge in [0.25, 0.3) is 0 Å². The summed E-state index contributed by atoms with van der Waals surface area (Å²) in [6.45, 7) is 31.3. The van der Waals surface area contributed by atoms with E-state index < -0.39 is 29.3 Å². The Morgan fingerprint density at radius 3 is 1.62 bits per heavy atom. The minimum absolute atomic E-state index is 0. The van der Waals surface area contributed by atoms with Crippen LogP contribution < -0.4 is 28.1 Å². The predicted octanol–water partition coefficient (Wildman–Crippen LogP) is 5.72. The van der Waals surface area contributed by atoms with Gasteiger partial charge in [0.05, 0.1) is 0 Å². The molecule has 1 unspecified atom stereocenters. The van der Waals surface area contributed by atoms with Crippen molar-refractivity contribution < 1.29 is 46.1 Å². The molecule has 0 fully saturated rings. The third-order valence-corrected chi connectivity index (χ3v) is 21.3. The normalized spacial score (nSPS) is 15.4. The summed E-state index contributed by atoms with van der Waals surface area (Å²) in [6, 6.07) is 31.6. The fourth-order valence-electron chi connectivity index (χ4n) is 7.88. The Kier molecular flexibility index (Phi) is 12.0. The van der Waals surface area contributed by atoms with Crippen LogP contribution in [0.3, 0.4) is 0 Å². The average molecular weight is 799 g/mol. The Bertz CT molecular complexity index is 1960. The average Bonchev–Trinajstić information content (AvgIpc) is 3.52. The fraction of sp³-hybridized carbons (Fsp3) is 0.370. The third-order valence-electron chi connectivity index (χ3n) is 10.7. The van der Waals surface area contributed by atoms with E-state index in [0.29, 0.717) is 5.92 Å². The molecule has 0 radical (unpaired) electrons. The van der Waals surface area contributed by atoms with E-state index in [1.54, 1.807) is 26.1 Å². The number of fused-ring (bicyclic) bond motifs is 3. The second-order valence-corrected chi connectivity index (χ2v) is 28.5. The number of hydrogen-bond donors (Lipinski definition) is 0. The van der Waals surface area contributed by atoms with Crippen LogP contribution in [0.5, 0.6) is 0 Å². The molecule has 2 aliphatic carbocycles. The number of rotatable bonds is 5. The molecule has 262 valence electrons. The number of halogens is 2. The molecule has 4 aromatic rings. The van der Waals surface area contributed by atoms with Crippen molar-refractivity contribution in [3.8, 4) is 11.1 Å². The van der Waals surface area contributed by atoms with Crippen LogP contribution in [0.1, 0.15) is 99.9 Å². The maximum absolute atomic E-state index is 2.92. The quantitative estimate of drug-likeness (QED) is 0.200. The van der Waals surface area contributed by atoms with Gasteiger partial charge in [0.1, 0.15) is 0 Å². The first-order valence-electron chi connectivity index (χ1n) is 18.0. The van der Waals surface area contributed by atoms with Gasteiger partial charge < -0.3 is 24.8 Å². The monoisotopic (exact) mass is 796 g/mol. The summed E-state index contributed by atoms with van der Waals surface area (Å²) in [6.07, 6.45) is 3.71. The molecule has 0 saturated carbocycles. The molecule has 0 amide bonds. The summed E-state index contributed by atoms with van der Waals surface area (Å²) in [5, 5.41) is 1.68. The molecule has 1 atom stereocenters. The van der Waals surface area contributed by atoms with E-state index in [4.69, 9.17) is 0 Å². The zero-order valence-corrected chi connectivity index (χ0v) is 37.6. The van der Waals surface area contributed by atoms with Crippen molar-refractivity contribution in [2.45, 2.75) is 106 Å². The van der Waals surface area contributed by atoms with Gasteiger partial charge in [-0.2, -0.15) is 0 Å². The summed E-state index contributed by atoms with van der Waals surface area (Å²) in [5.41, 5.74) is 16.2. The standard InChI is InChI=1S/C21H25.C15H14.C10H17Si.2ClH.Zr/c1-20(2,3)16-9-7-14-11-15-8-10-17(21(4,5)6)13-19(15)18(14)12-16;1-12-3-7-14(8-4-12)11-15-9-5-13(2)6-10-15;1-8-6-9(2)10(7-8)11(3,4)5;;;/h7,9-10,12-13H,11H2,1-6H3;3-10H,1-2H3;7-8H,1-5H3;2*1H;/q;;;;;+2/p-2. The van der Waals surface area contributed by atoms with E-state index in [1.165, 1.54) is 50.1 Å². The van der Waals surface area contributed by atoms with Gasteiger partial charge in [-0.05, 0) is 0 Å². The number of hydrogen-bond acceptors (Lipinski definition) is 0. The second kappa shape index (κ2) is 14.7. The fourth-order valence-corrected chi connectivity index (χ4v) is 19.1. The Balaban J connectivity index is 0.00000281. The molecular weight excluding hydrogens is 743 g/mol. The molecule has 0 heterocycles. The molecule has 0 N–H and O–H groups in total. The van der Waals surface area contributed by atoms with Crippen LogP contribution in [-0.4, -0.2) is 11.3 Å². The van der Waals surface area contributed by atoms with Gasteiger partial charge in [0.2, 0.25) is 0 Å². The van der Waals surface area contributed by atoms with Crippen molar-refractivity contribution in [1.82, 2.24) is 0 Å². The van der Waals surface area contributed by atoms with E-state index >= 15 is 0 Å². The zero-order chi connectivity index (χ0) is 34.9. The van der Waals surface area contributed by atoms with E-state index in [-0.39, 0.29) is 35.6 Å². The summed E-state index contributed by atoms with van der Waals surface area (Å²) in [4.78, 5) is 0. The predicted molar refractivity (Wildman–Crippen MR) is 211 cm³/mol. The van der Waals surface area contributed by atoms with Gasteiger partial charge in [-0.15, -0.1) is 0 Å². The van der Waals surface area contributed by atoms with Crippen molar-refractivity contribution in [2.75, 3.05) is 0 Å². The number of aryl methyl sites for hydroxylation is 2. The molecular formula is C46H56Cl2SiZr. The van der Waals surface area contributed by atoms with Crippen molar-refractivity contribution in [3.05, 3.63) is 143 Å². The van der Waals surface area contributed by atoms with Crippen LogP contribution in [0.4, 0.5) is 0 Å². The van der Waals surface area contributed by atoms with E-state index in [1.807, 2.05) is 0 Å². The molecule has 50 heavy (non-hydrogen) atoms. The molecule has 6 rings (SSSR count). The van der Waals surface area contributed by atoms with Gasteiger partial charge in [0, 0.05) is 0 Å². The maximum Gasteiger partial charge on any atom is -1.00 e. The largest absolute Gasteiger partial charge is 1.00 e. The molecule has 0 aromatic heterocycles. The van der Waals surface area contributed by atoms with Crippen molar-refractivity contribution in [2.24, 2.45) is 5.92 Å². The van der Waals surface area contributed by atoms with Crippen molar-refractivity contribution >= 4 is 14.6 Å². The van der Waals surface area contributed by atoms with Crippen LogP contribution in [-0.2, 0) is 38.5 Å². The molecule has 0 nitrogen and oxygen atoms in total. The van der Waals surface area contributed by atoms with E-state index in [0.717, 1.165) is 6.42 Å². The Morgan fingerprint density at radius 1 is 0.660 bits per heavy atom. The second-order valence-electron chi connectivity index (χ2n) is 17.7. The topological polar surface area (TPSA) is 0 Å². The van der Waals surface area contributed by atoms with E-state index in [2.05, 4.69) is 174 Å². The Labute approximate surface area is 324 Å². The van der Waals surface area contributed by atoms with Gasteiger partial charge in [-0.1, -0.05) is 0 Å². The van der Waals surface area contributed by atoms with Gasteiger partial charge >= 0.3 is 302 Å². The Morgan fingerprint density at radius 2 is 1.16 bits per heavy atom. The summed E-state index contributed by atoms with van der Waals surface area (Å²) in [5.74, 6) is 0.456. The molecule has 4 heteroatoms.